The number of carbonyl (C=O) groups excluding carboxylic acids is 1. The molecule has 0 saturated heterocycles. The highest BCUT2D eigenvalue weighted by molar-refractivity contribution is 6.04. The maximum Gasteiger partial charge on any atom is 0.255 e. The molecule has 2 aromatic heterocycles. The van der Waals surface area contributed by atoms with Crippen molar-refractivity contribution in [1.82, 2.24) is 9.38 Å². The number of fused-ring (bicyclic) bond motifs is 2. The van der Waals surface area contributed by atoms with Crippen molar-refractivity contribution in [2.75, 3.05) is 5.32 Å². The molecule has 2 aromatic carbocycles. The van der Waals surface area contributed by atoms with Gasteiger partial charge in [-0.25, -0.2) is 4.98 Å². The first-order valence-corrected chi connectivity index (χ1v) is 11.1. The highest BCUT2D eigenvalue weighted by atomic mass is 16.7. The Morgan fingerprint density at radius 3 is 2.67 bits per heavy atom. The van der Waals surface area contributed by atoms with Gasteiger partial charge in [0.2, 0.25) is 0 Å². The predicted molar refractivity (Wildman–Crippen MR) is 123 cm³/mol. The van der Waals surface area contributed by atoms with Crippen LogP contribution in [0.1, 0.15) is 41.7 Å². The topological polar surface area (TPSA) is 74.1 Å². The summed E-state index contributed by atoms with van der Waals surface area (Å²) >= 11 is 0. The van der Waals surface area contributed by atoms with Crippen molar-refractivity contribution in [1.29, 1.82) is 0 Å². The number of rotatable bonds is 5. The highest BCUT2D eigenvalue weighted by Crippen LogP contribution is 2.47. The van der Waals surface area contributed by atoms with Crippen LogP contribution in [0, 0.1) is 0 Å². The van der Waals surface area contributed by atoms with Crippen molar-refractivity contribution >= 4 is 17.2 Å². The van der Waals surface area contributed by atoms with E-state index in [0.29, 0.717) is 29.4 Å². The molecule has 3 heterocycles. The Bertz CT molecular complexity index is 1290. The van der Waals surface area contributed by atoms with Crippen LogP contribution in [0.25, 0.3) is 5.65 Å². The number of amides is 1. The Hall–Kier alpha value is -4.00. The van der Waals surface area contributed by atoms with Gasteiger partial charge in [0.05, 0.1) is 5.69 Å². The highest BCUT2D eigenvalue weighted by Gasteiger charge is 2.44. The number of nitrogens with one attached hydrogen (secondary N) is 1. The van der Waals surface area contributed by atoms with E-state index in [1.54, 1.807) is 24.3 Å². The maximum absolute atomic E-state index is 12.7. The zero-order valence-electron chi connectivity index (χ0n) is 18.0. The van der Waals surface area contributed by atoms with E-state index in [9.17, 15) is 4.79 Å². The van der Waals surface area contributed by atoms with E-state index >= 15 is 0 Å². The summed E-state index contributed by atoms with van der Waals surface area (Å²) in [6.07, 6.45) is 7.90. The summed E-state index contributed by atoms with van der Waals surface area (Å²) < 4.78 is 19.9. The SMILES string of the molecule is O=C(Nc1ccc2c(c1)OC1(CCCC1)O2)c1ccc(OCc2cn3ccccc3n2)cc1. The molecule has 0 radical (unpaired) electrons. The van der Waals surface area contributed by atoms with Crippen LogP contribution in [0.4, 0.5) is 5.69 Å². The average molecular weight is 441 g/mol. The van der Waals surface area contributed by atoms with Gasteiger partial charge >= 0.3 is 0 Å². The third-order valence-corrected chi connectivity index (χ3v) is 6.08. The summed E-state index contributed by atoms with van der Waals surface area (Å²) in [4.78, 5) is 17.2. The van der Waals surface area contributed by atoms with Gasteiger partial charge in [-0.2, -0.15) is 0 Å². The minimum atomic E-state index is -0.510. The van der Waals surface area contributed by atoms with Crippen LogP contribution in [0.3, 0.4) is 0 Å². The first-order chi connectivity index (χ1) is 16.2. The van der Waals surface area contributed by atoms with Crippen LogP contribution in [0.5, 0.6) is 17.2 Å². The molecule has 1 aliphatic carbocycles. The average Bonchev–Trinajstić information content (AvgIpc) is 3.55. The van der Waals surface area contributed by atoms with Crippen molar-refractivity contribution < 1.29 is 19.0 Å². The Morgan fingerprint density at radius 2 is 1.85 bits per heavy atom. The largest absolute Gasteiger partial charge is 0.487 e. The summed E-state index contributed by atoms with van der Waals surface area (Å²) in [6.45, 7) is 0.353. The normalized spacial score (nSPS) is 15.8. The number of hydrogen-bond donors (Lipinski definition) is 1. The lowest BCUT2D eigenvalue weighted by molar-refractivity contribution is -0.0716. The number of imidazole rings is 1. The molecule has 0 bridgehead atoms. The molecule has 1 amide bonds. The van der Waals surface area contributed by atoms with E-state index in [4.69, 9.17) is 14.2 Å². The molecule has 1 spiro atoms. The second-order valence-corrected chi connectivity index (χ2v) is 8.45. The van der Waals surface area contributed by atoms with Crippen molar-refractivity contribution in [2.45, 2.75) is 38.1 Å². The van der Waals surface area contributed by atoms with Crippen LogP contribution in [0.15, 0.2) is 73.1 Å². The summed E-state index contributed by atoms with van der Waals surface area (Å²) in [7, 11) is 0. The van der Waals surface area contributed by atoms with Crippen LogP contribution < -0.4 is 19.5 Å². The Kier molecular flexibility index (Phi) is 4.68. The van der Waals surface area contributed by atoms with Gasteiger partial charge in [0, 0.05) is 42.6 Å². The Balaban J connectivity index is 1.08. The molecule has 1 fully saturated rings. The van der Waals surface area contributed by atoms with Crippen molar-refractivity contribution in [3.05, 3.63) is 84.3 Å². The van der Waals surface area contributed by atoms with Crippen LogP contribution in [-0.4, -0.2) is 21.1 Å². The van der Waals surface area contributed by atoms with E-state index in [0.717, 1.165) is 42.8 Å². The number of pyridine rings is 1. The van der Waals surface area contributed by atoms with Crippen LogP contribution >= 0.6 is 0 Å². The molecule has 0 unspecified atom stereocenters. The van der Waals surface area contributed by atoms with Gasteiger partial charge in [-0.05, 0) is 61.4 Å². The third-order valence-electron chi connectivity index (χ3n) is 6.08. The van der Waals surface area contributed by atoms with Crippen LogP contribution in [0.2, 0.25) is 0 Å². The van der Waals surface area contributed by atoms with Crippen molar-refractivity contribution in [3.8, 4) is 17.2 Å². The molecule has 33 heavy (non-hydrogen) atoms. The lowest BCUT2D eigenvalue weighted by Crippen LogP contribution is -2.34. The quantitative estimate of drug-likeness (QED) is 0.460. The van der Waals surface area contributed by atoms with E-state index in [1.807, 2.05) is 53.2 Å². The number of benzene rings is 2. The summed E-state index contributed by atoms with van der Waals surface area (Å²) in [5, 5.41) is 2.93. The second-order valence-electron chi connectivity index (χ2n) is 8.45. The fourth-order valence-electron chi connectivity index (χ4n) is 4.41. The van der Waals surface area contributed by atoms with E-state index in [2.05, 4.69) is 10.3 Å². The Labute approximate surface area is 190 Å². The minimum absolute atomic E-state index is 0.198. The number of aromatic nitrogens is 2. The zero-order chi connectivity index (χ0) is 22.3. The summed E-state index contributed by atoms with van der Waals surface area (Å²) in [6, 6.07) is 18.4. The van der Waals surface area contributed by atoms with Gasteiger partial charge in [0.15, 0.2) is 11.5 Å². The third kappa shape index (κ3) is 3.86. The molecule has 4 aromatic rings. The van der Waals surface area contributed by atoms with Crippen molar-refractivity contribution in [3.63, 3.8) is 0 Å². The fourth-order valence-corrected chi connectivity index (χ4v) is 4.41. The standard InChI is InChI=1S/C26H23N3O4/c30-25(28-19-8-11-22-23(15-19)33-26(32-22)12-2-3-13-26)18-6-9-21(10-7-18)31-17-20-16-29-14-4-1-5-24(29)27-20/h1,4-11,14-16H,2-3,12-13,17H2,(H,28,30). The molecule has 166 valence electrons. The number of nitrogens with zero attached hydrogens (tertiary/aromatic N) is 2. The monoisotopic (exact) mass is 441 g/mol. The van der Waals surface area contributed by atoms with E-state index in [-0.39, 0.29) is 5.91 Å². The first kappa shape index (κ1) is 19.7. The molecular formula is C26H23N3O4. The molecule has 1 aliphatic heterocycles. The van der Waals surface area contributed by atoms with Gasteiger partial charge < -0.3 is 23.9 Å². The van der Waals surface area contributed by atoms with Gasteiger partial charge in [-0.3, -0.25) is 4.79 Å². The van der Waals surface area contributed by atoms with Gasteiger partial charge in [-0.15, -0.1) is 0 Å². The molecular weight excluding hydrogens is 418 g/mol. The molecule has 1 saturated carbocycles. The molecule has 1 N–H and O–H groups in total. The Morgan fingerprint density at radius 1 is 1.03 bits per heavy atom. The maximum atomic E-state index is 12.7. The second kappa shape index (κ2) is 7.85. The summed E-state index contributed by atoms with van der Waals surface area (Å²) in [5.41, 5.74) is 2.93. The van der Waals surface area contributed by atoms with E-state index in [1.165, 1.54) is 0 Å². The van der Waals surface area contributed by atoms with E-state index < -0.39 is 5.79 Å². The fraction of sp³-hybridized carbons (Fsp3) is 0.231. The van der Waals surface area contributed by atoms with Gasteiger partial charge in [0.25, 0.3) is 11.7 Å². The minimum Gasteiger partial charge on any atom is -0.487 e. The molecule has 0 atom stereocenters. The molecule has 7 nitrogen and oxygen atoms in total. The molecule has 7 heteroatoms. The number of carbonyl (C=O) groups is 1. The van der Waals surface area contributed by atoms with Crippen LogP contribution in [-0.2, 0) is 6.61 Å². The number of ether oxygens (including phenoxy) is 3. The smallest absolute Gasteiger partial charge is 0.255 e. The predicted octanol–water partition coefficient (Wildman–Crippen LogP) is 5.21. The number of anilines is 1. The lowest BCUT2D eigenvalue weighted by atomic mass is 10.2. The number of hydrogen-bond acceptors (Lipinski definition) is 5. The zero-order valence-corrected chi connectivity index (χ0v) is 18.0. The first-order valence-electron chi connectivity index (χ1n) is 11.1. The molecule has 2 aliphatic rings. The molecule has 6 rings (SSSR count). The van der Waals surface area contributed by atoms with Crippen molar-refractivity contribution in [2.24, 2.45) is 0 Å². The van der Waals surface area contributed by atoms with Gasteiger partial charge in [-0.1, -0.05) is 6.07 Å². The summed E-state index contributed by atoms with van der Waals surface area (Å²) in [5.74, 6) is 1.39. The lowest BCUT2D eigenvalue weighted by Gasteiger charge is -2.21. The van der Waals surface area contributed by atoms with Gasteiger partial charge in [0.1, 0.15) is 18.0 Å².